The Kier molecular flexibility index (Phi) is 8.82. The molecule has 8 nitrogen and oxygen atoms in total. The second-order valence-corrected chi connectivity index (χ2v) is 8.82. The highest BCUT2D eigenvalue weighted by molar-refractivity contribution is 7.07. The van der Waals surface area contributed by atoms with Crippen molar-refractivity contribution >= 4 is 34.7 Å². The minimum Gasteiger partial charge on any atom is -0.360 e. The number of benzene rings is 1. The monoisotopic (exact) mass is 464 g/mol. The van der Waals surface area contributed by atoms with Gasteiger partial charge >= 0.3 is 0 Å². The lowest BCUT2D eigenvalue weighted by Gasteiger charge is -2.14. The lowest BCUT2D eigenvalue weighted by molar-refractivity contribution is -0.115. The van der Waals surface area contributed by atoms with E-state index in [1.807, 2.05) is 18.2 Å². The first-order valence-corrected chi connectivity index (χ1v) is 12.0. The van der Waals surface area contributed by atoms with Gasteiger partial charge in [0.2, 0.25) is 0 Å². The molecule has 0 atom stereocenters. The number of aryl methyl sites for hydroxylation is 1. The van der Waals surface area contributed by atoms with Gasteiger partial charge in [-0.1, -0.05) is 12.1 Å². The summed E-state index contributed by atoms with van der Waals surface area (Å²) in [6.45, 7) is 5.43. The number of aromatic nitrogens is 1. The Bertz CT molecular complexity index is 1240. The molecule has 1 saturated heterocycles. The van der Waals surface area contributed by atoms with E-state index in [1.165, 1.54) is 36.1 Å². The summed E-state index contributed by atoms with van der Waals surface area (Å²) < 4.78 is 2.08. The molecule has 33 heavy (non-hydrogen) atoms. The van der Waals surface area contributed by atoms with E-state index in [0.29, 0.717) is 11.1 Å². The normalized spacial score (nSPS) is 15.1. The Balaban J connectivity index is 1.79. The number of nitrogens with zero attached hydrogens (tertiary/aromatic N) is 4. The maximum absolute atomic E-state index is 12.8. The molecule has 1 aromatic carbocycles. The predicted octanol–water partition coefficient (Wildman–Crippen LogP) is 1.12. The van der Waals surface area contributed by atoms with Gasteiger partial charge in [0.1, 0.15) is 21.8 Å². The summed E-state index contributed by atoms with van der Waals surface area (Å²) in [5.74, 6) is -0.663. The van der Waals surface area contributed by atoms with Gasteiger partial charge in [0.25, 0.3) is 11.5 Å². The second-order valence-electron chi connectivity index (χ2n) is 7.79. The van der Waals surface area contributed by atoms with Crippen LogP contribution in [0.2, 0.25) is 0 Å². The van der Waals surface area contributed by atoms with Crippen molar-refractivity contribution in [3.63, 3.8) is 0 Å². The molecule has 1 amide bonds. The Hall–Kier alpha value is -3.40. The van der Waals surface area contributed by atoms with Crippen LogP contribution < -0.4 is 25.4 Å². The Labute approximate surface area is 197 Å². The van der Waals surface area contributed by atoms with Crippen LogP contribution in [0.4, 0.5) is 5.69 Å². The van der Waals surface area contributed by atoms with Gasteiger partial charge in [0.15, 0.2) is 5.57 Å². The molecule has 1 aliphatic rings. The molecule has 2 heterocycles. The van der Waals surface area contributed by atoms with Gasteiger partial charge in [-0.05, 0) is 69.9 Å². The van der Waals surface area contributed by atoms with E-state index in [9.17, 15) is 14.9 Å². The second kappa shape index (κ2) is 12.0. The van der Waals surface area contributed by atoms with E-state index in [4.69, 9.17) is 5.26 Å². The van der Waals surface area contributed by atoms with Gasteiger partial charge in [0, 0.05) is 18.4 Å². The molecule has 172 valence electrons. The number of likely N-dealkylation sites (tertiary alicyclic amines) is 1. The molecular formula is C24H28N6O2S. The highest BCUT2D eigenvalue weighted by Gasteiger charge is 2.15. The molecule has 0 spiro atoms. The maximum Gasteiger partial charge on any atom is 0.270 e. The van der Waals surface area contributed by atoms with Crippen LogP contribution in [0.5, 0.6) is 0 Å². The van der Waals surface area contributed by atoms with Crippen LogP contribution in [-0.2, 0) is 17.8 Å². The average Bonchev–Trinajstić information content (AvgIpc) is 3.45. The number of amides is 1. The zero-order chi connectivity index (χ0) is 23.6. The Morgan fingerprint density at radius 3 is 2.76 bits per heavy atom. The molecule has 0 bridgehead atoms. The number of nitriles is 2. The van der Waals surface area contributed by atoms with Crippen molar-refractivity contribution in [2.45, 2.75) is 39.2 Å². The van der Waals surface area contributed by atoms with E-state index in [0.717, 1.165) is 36.4 Å². The number of rotatable bonds is 9. The maximum atomic E-state index is 12.8. The zero-order valence-electron chi connectivity index (χ0n) is 18.8. The number of hydrogen-bond acceptors (Lipinski definition) is 7. The molecule has 2 N–H and O–H groups in total. The largest absolute Gasteiger partial charge is 0.360 e. The molecular weight excluding hydrogens is 436 g/mol. The summed E-state index contributed by atoms with van der Waals surface area (Å²) in [5.41, 5.74) is 1.67. The van der Waals surface area contributed by atoms with Crippen molar-refractivity contribution in [2.24, 2.45) is 0 Å². The number of carbonyl (C=O) groups excluding carboxylic acids is 1. The lowest BCUT2D eigenvalue weighted by atomic mass is 10.1. The fourth-order valence-electron chi connectivity index (χ4n) is 3.87. The van der Waals surface area contributed by atoms with Crippen molar-refractivity contribution in [1.29, 1.82) is 10.5 Å². The highest BCUT2D eigenvalue weighted by Crippen LogP contribution is 2.14. The first-order valence-electron chi connectivity index (χ1n) is 11.1. The Morgan fingerprint density at radius 2 is 2.06 bits per heavy atom. The predicted molar refractivity (Wildman–Crippen MR) is 130 cm³/mol. The van der Waals surface area contributed by atoms with Gasteiger partial charge in [0.05, 0.1) is 6.07 Å². The smallest absolute Gasteiger partial charge is 0.270 e. The fraction of sp³-hybridized carbons (Fsp3) is 0.417. The molecule has 0 radical (unpaired) electrons. The molecule has 1 aliphatic heterocycles. The van der Waals surface area contributed by atoms with Crippen LogP contribution >= 0.6 is 11.3 Å². The standard InChI is InChI=1S/C24H28N6O2S/c1-2-30-23(32)21(33-24(30)20(16-26)22(31)27-11-10-25)17-28-19-9-5-7-18(15-19)8-6-14-29-12-3-4-13-29/h5,7,9,15,17,28H,2-4,6,8,11-14H2,1H3,(H,27,31)/b21-17+,24-20-. The van der Waals surface area contributed by atoms with Gasteiger partial charge in [-0.25, -0.2) is 0 Å². The van der Waals surface area contributed by atoms with E-state index >= 15 is 0 Å². The average molecular weight is 465 g/mol. The number of nitrogens with one attached hydrogen (secondary N) is 2. The molecule has 0 unspecified atom stereocenters. The van der Waals surface area contributed by atoms with E-state index in [2.05, 4.69) is 27.7 Å². The van der Waals surface area contributed by atoms with Crippen LogP contribution in [0.15, 0.2) is 29.1 Å². The van der Waals surface area contributed by atoms with Crippen molar-refractivity contribution in [2.75, 3.05) is 31.5 Å². The third kappa shape index (κ3) is 6.32. The third-order valence-corrected chi connectivity index (χ3v) is 6.67. The fourth-order valence-corrected chi connectivity index (χ4v) is 4.96. The van der Waals surface area contributed by atoms with Gasteiger partial charge in [-0.2, -0.15) is 10.5 Å². The van der Waals surface area contributed by atoms with Crippen LogP contribution in [0.3, 0.4) is 0 Å². The summed E-state index contributed by atoms with van der Waals surface area (Å²) in [7, 11) is 0. The number of hydrogen-bond donors (Lipinski definition) is 2. The first kappa shape index (κ1) is 24.2. The van der Waals surface area contributed by atoms with Crippen LogP contribution in [0, 0.1) is 22.7 Å². The molecule has 0 saturated carbocycles. The minimum absolute atomic E-state index is 0.172. The van der Waals surface area contributed by atoms with E-state index in [1.54, 1.807) is 19.2 Å². The number of carbonyl (C=O) groups is 1. The summed E-state index contributed by atoms with van der Waals surface area (Å²) in [4.78, 5) is 27.6. The zero-order valence-corrected chi connectivity index (χ0v) is 19.6. The molecule has 1 fully saturated rings. The summed E-state index contributed by atoms with van der Waals surface area (Å²) in [6, 6.07) is 11.8. The minimum atomic E-state index is -0.663. The van der Waals surface area contributed by atoms with Crippen molar-refractivity contribution in [1.82, 2.24) is 14.8 Å². The molecule has 1 aromatic heterocycles. The van der Waals surface area contributed by atoms with Crippen LogP contribution in [-0.4, -0.2) is 41.6 Å². The van der Waals surface area contributed by atoms with Gasteiger partial charge in [-0.15, -0.1) is 11.3 Å². The third-order valence-electron chi connectivity index (χ3n) is 5.54. The van der Waals surface area contributed by atoms with Crippen molar-refractivity contribution in [3.8, 4) is 12.1 Å². The first-order chi connectivity index (χ1) is 16.1. The molecule has 2 aromatic rings. The number of anilines is 1. The van der Waals surface area contributed by atoms with E-state index in [-0.39, 0.29) is 22.3 Å². The van der Waals surface area contributed by atoms with Crippen molar-refractivity contribution < 1.29 is 4.79 Å². The van der Waals surface area contributed by atoms with Gasteiger partial charge < -0.3 is 15.5 Å². The van der Waals surface area contributed by atoms with Crippen molar-refractivity contribution in [3.05, 3.63) is 49.4 Å². The van der Waals surface area contributed by atoms with Gasteiger partial charge in [-0.3, -0.25) is 14.2 Å². The topological polar surface area (TPSA) is 114 Å². The number of thiazole rings is 1. The Morgan fingerprint density at radius 1 is 1.27 bits per heavy atom. The molecule has 3 rings (SSSR count). The lowest BCUT2D eigenvalue weighted by Crippen LogP contribution is -2.34. The molecule has 0 aliphatic carbocycles. The summed E-state index contributed by atoms with van der Waals surface area (Å²) in [5, 5.41) is 23.7. The summed E-state index contributed by atoms with van der Waals surface area (Å²) in [6.07, 6.45) is 6.34. The van der Waals surface area contributed by atoms with E-state index < -0.39 is 5.91 Å². The highest BCUT2D eigenvalue weighted by atomic mass is 32.1. The van der Waals surface area contributed by atoms with Crippen LogP contribution in [0.25, 0.3) is 11.8 Å². The SMILES string of the molecule is CCn1c(=O)/c(=C\Nc2cccc(CCCN3CCCC3)c2)s/c1=C(/C#N)C(=O)NCC#N. The quantitative estimate of drug-likeness (QED) is 0.538. The molecule has 9 heteroatoms. The summed E-state index contributed by atoms with van der Waals surface area (Å²) >= 11 is 1.08. The van der Waals surface area contributed by atoms with Crippen LogP contribution in [0.1, 0.15) is 31.7 Å².